The smallest absolute Gasteiger partial charge is 0.335 e. The molecular weight excluding hydrogens is 282 g/mol. The van der Waals surface area contributed by atoms with Gasteiger partial charge in [0.05, 0.1) is 10.6 Å². The van der Waals surface area contributed by atoms with E-state index in [-0.39, 0.29) is 5.56 Å². The fourth-order valence-electron chi connectivity index (χ4n) is 1.56. The predicted molar refractivity (Wildman–Crippen MR) is 76.1 cm³/mol. The van der Waals surface area contributed by atoms with Crippen molar-refractivity contribution >= 4 is 29.3 Å². The molecule has 2 rings (SSSR count). The Labute approximate surface area is 120 Å². The average molecular weight is 294 g/mol. The number of carboxylic acid groups (broad SMARTS) is 1. The second-order valence-corrected chi connectivity index (χ2v) is 5.35. The van der Waals surface area contributed by atoms with E-state index in [4.69, 9.17) is 16.7 Å². The monoisotopic (exact) mass is 293 g/mol. The molecule has 0 saturated carbocycles. The summed E-state index contributed by atoms with van der Waals surface area (Å²) in [6.07, 6.45) is 0.692. The molecule has 2 aromatic rings. The standard InChI is InChI=1S/C14H12ClNO2S/c1-2-10-7-9(14(17)18)8-13(16-10)19-12-6-4-3-5-11(12)15/h3-8H,2H2,1H3,(H,17,18). The van der Waals surface area contributed by atoms with Crippen LogP contribution in [0.1, 0.15) is 23.0 Å². The van der Waals surface area contributed by atoms with Gasteiger partial charge >= 0.3 is 5.97 Å². The summed E-state index contributed by atoms with van der Waals surface area (Å²) in [6.45, 7) is 1.94. The van der Waals surface area contributed by atoms with Gasteiger partial charge in [0, 0.05) is 10.6 Å². The minimum absolute atomic E-state index is 0.251. The third-order valence-electron chi connectivity index (χ3n) is 2.52. The number of benzene rings is 1. The maximum Gasteiger partial charge on any atom is 0.335 e. The number of aryl methyl sites for hydroxylation is 1. The van der Waals surface area contributed by atoms with Gasteiger partial charge in [0.15, 0.2) is 0 Å². The summed E-state index contributed by atoms with van der Waals surface area (Å²) in [5, 5.41) is 10.4. The molecule has 3 nitrogen and oxygen atoms in total. The van der Waals surface area contributed by atoms with Crippen molar-refractivity contribution in [1.82, 2.24) is 4.98 Å². The number of aromatic nitrogens is 1. The van der Waals surface area contributed by atoms with Crippen molar-refractivity contribution < 1.29 is 9.90 Å². The fourth-order valence-corrected chi connectivity index (χ4v) is 2.70. The number of halogens is 1. The van der Waals surface area contributed by atoms with Gasteiger partial charge in [-0.3, -0.25) is 0 Å². The highest BCUT2D eigenvalue weighted by molar-refractivity contribution is 7.99. The molecule has 0 amide bonds. The molecule has 1 heterocycles. The summed E-state index contributed by atoms with van der Waals surface area (Å²) in [5.41, 5.74) is 1.01. The second-order valence-electron chi connectivity index (χ2n) is 3.88. The van der Waals surface area contributed by atoms with E-state index >= 15 is 0 Å². The highest BCUT2D eigenvalue weighted by Crippen LogP contribution is 2.32. The first-order valence-electron chi connectivity index (χ1n) is 5.76. The van der Waals surface area contributed by atoms with Crippen LogP contribution in [-0.4, -0.2) is 16.1 Å². The fraction of sp³-hybridized carbons (Fsp3) is 0.143. The molecule has 0 atom stereocenters. The van der Waals surface area contributed by atoms with E-state index in [1.807, 2.05) is 25.1 Å². The summed E-state index contributed by atoms with van der Waals surface area (Å²) < 4.78 is 0. The molecule has 98 valence electrons. The minimum atomic E-state index is -0.946. The van der Waals surface area contributed by atoms with E-state index in [0.29, 0.717) is 16.5 Å². The van der Waals surface area contributed by atoms with E-state index in [1.165, 1.54) is 11.8 Å². The summed E-state index contributed by atoms with van der Waals surface area (Å²) in [4.78, 5) is 16.4. The lowest BCUT2D eigenvalue weighted by Gasteiger charge is -2.06. The number of carboxylic acids is 1. The van der Waals surface area contributed by atoms with Crippen molar-refractivity contribution in [3.8, 4) is 0 Å². The van der Waals surface area contributed by atoms with E-state index in [1.54, 1.807) is 18.2 Å². The summed E-state index contributed by atoms with van der Waals surface area (Å²) in [7, 11) is 0. The quantitative estimate of drug-likeness (QED) is 0.920. The zero-order valence-electron chi connectivity index (χ0n) is 10.3. The molecule has 5 heteroatoms. The average Bonchev–Trinajstić information content (AvgIpc) is 2.41. The number of hydrogen-bond acceptors (Lipinski definition) is 3. The van der Waals surface area contributed by atoms with Gasteiger partial charge < -0.3 is 5.11 Å². The Balaban J connectivity index is 2.37. The van der Waals surface area contributed by atoms with Crippen LogP contribution in [-0.2, 0) is 6.42 Å². The van der Waals surface area contributed by atoms with Gasteiger partial charge in [-0.1, -0.05) is 42.4 Å². The van der Waals surface area contributed by atoms with Crippen LogP contribution >= 0.6 is 23.4 Å². The Morgan fingerprint density at radius 3 is 2.74 bits per heavy atom. The molecule has 0 aliphatic rings. The Morgan fingerprint density at radius 2 is 2.11 bits per heavy atom. The van der Waals surface area contributed by atoms with Gasteiger partial charge in [-0.05, 0) is 30.7 Å². The van der Waals surface area contributed by atoms with Crippen molar-refractivity contribution in [2.75, 3.05) is 0 Å². The number of nitrogens with zero attached hydrogens (tertiary/aromatic N) is 1. The van der Waals surface area contributed by atoms with Gasteiger partial charge in [0.2, 0.25) is 0 Å². The molecule has 0 spiro atoms. The number of pyridine rings is 1. The predicted octanol–water partition coefficient (Wildman–Crippen LogP) is 4.15. The largest absolute Gasteiger partial charge is 0.478 e. The molecule has 0 aliphatic heterocycles. The maximum atomic E-state index is 11.1. The van der Waals surface area contributed by atoms with Gasteiger partial charge in [0.25, 0.3) is 0 Å². The van der Waals surface area contributed by atoms with Crippen molar-refractivity contribution in [3.63, 3.8) is 0 Å². The minimum Gasteiger partial charge on any atom is -0.478 e. The molecule has 1 N–H and O–H groups in total. The third kappa shape index (κ3) is 3.49. The van der Waals surface area contributed by atoms with Gasteiger partial charge in [-0.15, -0.1) is 0 Å². The lowest BCUT2D eigenvalue weighted by atomic mass is 10.2. The molecule has 19 heavy (non-hydrogen) atoms. The van der Waals surface area contributed by atoms with Crippen LogP contribution in [0.5, 0.6) is 0 Å². The van der Waals surface area contributed by atoms with Crippen LogP contribution in [0.15, 0.2) is 46.3 Å². The molecule has 0 saturated heterocycles. The first-order chi connectivity index (χ1) is 9.10. The van der Waals surface area contributed by atoms with Crippen LogP contribution in [0.25, 0.3) is 0 Å². The highest BCUT2D eigenvalue weighted by atomic mass is 35.5. The zero-order chi connectivity index (χ0) is 13.8. The summed E-state index contributed by atoms with van der Waals surface area (Å²) in [5.74, 6) is -0.946. The normalized spacial score (nSPS) is 10.4. The van der Waals surface area contributed by atoms with Gasteiger partial charge in [0.1, 0.15) is 5.03 Å². The second kappa shape index (κ2) is 6.08. The Morgan fingerprint density at radius 1 is 1.37 bits per heavy atom. The van der Waals surface area contributed by atoms with Crippen molar-refractivity contribution in [2.24, 2.45) is 0 Å². The number of hydrogen-bond donors (Lipinski definition) is 1. The topological polar surface area (TPSA) is 50.2 Å². The Kier molecular flexibility index (Phi) is 4.45. The maximum absolute atomic E-state index is 11.1. The number of carbonyl (C=O) groups is 1. The van der Waals surface area contributed by atoms with Crippen LogP contribution in [0.2, 0.25) is 5.02 Å². The molecule has 0 aliphatic carbocycles. The van der Waals surface area contributed by atoms with E-state index in [2.05, 4.69) is 4.98 Å². The Hall–Kier alpha value is -1.52. The molecule has 0 fully saturated rings. The number of aromatic carboxylic acids is 1. The van der Waals surface area contributed by atoms with Gasteiger partial charge in [-0.2, -0.15) is 0 Å². The number of rotatable bonds is 4. The lowest BCUT2D eigenvalue weighted by Crippen LogP contribution is -2.00. The van der Waals surface area contributed by atoms with Crippen LogP contribution < -0.4 is 0 Å². The summed E-state index contributed by atoms with van der Waals surface area (Å²) in [6, 6.07) is 10.6. The van der Waals surface area contributed by atoms with Crippen molar-refractivity contribution in [2.45, 2.75) is 23.3 Å². The first-order valence-corrected chi connectivity index (χ1v) is 6.96. The SMILES string of the molecule is CCc1cc(C(=O)O)cc(Sc2ccccc2Cl)n1. The molecule has 1 aromatic carbocycles. The molecule has 0 unspecified atom stereocenters. The van der Waals surface area contributed by atoms with Crippen LogP contribution in [0.4, 0.5) is 0 Å². The lowest BCUT2D eigenvalue weighted by molar-refractivity contribution is 0.0696. The zero-order valence-corrected chi connectivity index (χ0v) is 11.8. The Bertz CT molecular complexity index is 616. The van der Waals surface area contributed by atoms with Crippen molar-refractivity contribution in [3.05, 3.63) is 52.7 Å². The third-order valence-corrected chi connectivity index (χ3v) is 3.95. The van der Waals surface area contributed by atoms with Crippen LogP contribution in [0, 0.1) is 0 Å². The van der Waals surface area contributed by atoms with Crippen molar-refractivity contribution in [1.29, 1.82) is 0 Å². The molecule has 0 bridgehead atoms. The van der Waals surface area contributed by atoms with E-state index in [0.717, 1.165) is 10.6 Å². The first kappa shape index (κ1) is 13.9. The summed E-state index contributed by atoms with van der Waals surface area (Å²) >= 11 is 7.45. The molecular formula is C14H12ClNO2S. The molecule has 0 radical (unpaired) electrons. The molecule has 1 aromatic heterocycles. The van der Waals surface area contributed by atoms with E-state index in [9.17, 15) is 4.79 Å². The van der Waals surface area contributed by atoms with Gasteiger partial charge in [-0.25, -0.2) is 9.78 Å². The highest BCUT2D eigenvalue weighted by Gasteiger charge is 2.10. The van der Waals surface area contributed by atoms with E-state index < -0.39 is 5.97 Å². The van der Waals surface area contributed by atoms with Crippen LogP contribution in [0.3, 0.4) is 0 Å².